The summed E-state index contributed by atoms with van der Waals surface area (Å²) in [4.78, 5) is 13.7. The van der Waals surface area contributed by atoms with Gasteiger partial charge in [0, 0.05) is 19.6 Å². The van der Waals surface area contributed by atoms with Gasteiger partial charge >= 0.3 is 5.97 Å². The summed E-state index contributed by atoms with van der Waals surface area (Å²) in [5.74, 6) is -0.157. The summed E-state index contributed by atoms with van der Waals surface area (Å²) in [6.07, 6.45) is 3.62. The Morgan fingerprint density at radius 2 is 2.47 bits per heavy atom. The second kappa shape index (κ2) is 7.27. The van der Waals surface area contributed by atoms with E-state index in [1.165, 1.54) is 0 Å². The van der Waals surface area contributed by atoms with Gasteiger partial charge in [-0.15, -0.1) is 6.58 Å². The molecule has 4 nitrogen and oxygen atoms in total. The van der Waals surface area contributed by atoms with Crippen molar-refractivity contribution in [1.82, 2.24) is 10.2 Å². The summed E-state index contributed by atoms with van der Waals surface area (Å²) < 4.78 is 5.05. The summed E-state index contributed by atoms with van der Waals surface area (Å²) in [6.45, 7) is 8.11. The third-order valence-corrected chi connectivity index (χ3v) is 3.13. The summed E-state index contributed by atoms with van der Waals surface area (Å²) in [5.41, 5.74) is 0. The van der Waals surface area contributed by atoms with Crippen LogP contribution in [0.2, 0.25) is 0 Å². The Bertz CT molecular complexity index is 294. The first-order valence-corrected chi connectivity index (χ1v) is 6.40. The van der Waals surface area contributed by atoms with Gasteiger partial charge in [0.15, 0.2) is 5.11 Å². The monoisotopic (exact) mass is 256 g/mol. The highest BCUT2D eigenvalue weighted by molar-refractivity contribution is 7.80. The molecule has 0 aromatic rings. The van der Waals surface area contributed by atoms with E-state index in [9.17, 15) is 4.79 Å². The van der Waals surface area contributed by atoms with Crippen LogP contribution in [0, 0.1) is 5.92 Å². The average molecular weight is 256 g/mol. The van der Waals surface area contributed by atoms with Gasteiger partial charge in [0.1, 0.15) is 0 Å². The lowest BCUT2D eigenvalue weighted by molar-refractivity contribution is -0.149. The predicted octanol–water partition coefficient (Wildman–Crippen LogP) is 1.32. The van der Waals surface area contributed by atoms with Gasteiger partial charge in [0.25, 0.3) is 0 Å². The van der Waals surface area contributed by atoms with Crippen LogP contribution in [0.1, 0.15) is 19.8 Å². The molecule has 5 heteroatoms. The number of thiocarbonyl (C=S) groups is 1. The number of nitrogens with zero attached hydrogens (tertiary/aromatic N) is 1. The van der Waals surface area contributed by atoms with E-state index in [-0.39, 0.29) is 11.9 Å². The van der Waals surface area contributed by atoms with Gasteiger partial charge in [-0.2, -0.15) is 0 Å². The van der Waals surface area contributed by atoms with E-state index < -0.39 is 0 Å². The number of rotatable bonds is 4. The van der Waals surface area contributed by atoms with Crippen molar-refractivity contribution in [2.45, 2.75) is 19.8 Å². The molecular formula is C12H20N2O2S. The van der Waals surface area contributed by atoms with Crippen LogP contribution in [0.15, 0.2) is 12.7 Å². The molecule has 96 valence electrons. The molecule has 1 unspecified atom stereocenters. The molecule has 1 N–H and O–H groups in total. The number of hydrogen-bond donors (Lipinski definition) is 1. The maximum absolute atomic E-state index is 11.7. The van der Waals surface area contributed by atoms with Crippen LogP contribution in [0.25, 0.3) is 0 Å². The van der Waals surface area contributed by atoms with Crippen molar-refractivity contribution < 1.29 is 9.53 Å². The lowest BCUT2D eigenvalue weighted by Gasteiger charge is -2.33. The summed E-state index contributed by atoms with van der Waals surface area (Å²) >= 11 is 5.26. The minimum absolute atomic E-state index is 0.0489. The fourth-order valence-corrected chi connectivity index (χ4v) is 2.13. The molecule has 1 aliphatic heterocycles. The molecule has 0 saturated carbocycles. The van der Waals surface area contributed by atoms with Crippen LogP contribution in [0.3, 0.4) is 0 Å². The standard InChI is InChI=1S/C12H20N2O2S/c1-3-7-13-12(17)14-8-5-6-10(9-14)11(15)16-4-2/h3,10H,1,4-9H2,2H3,(H,13,17). The molecule has 1 rings (SSSR count). The molecule has 0 aromatic heterocycles. The number of carbonyl (C=O) groups is 1. The normalized spacial score (nSPS) is 19.6. The van der Waals surface area contributed by atoms with Gasteiger partial charge in [0.2, 0.25) is 0 Å². The molecule has 1 aliphatic rings. The van der Waals surface area contributed by atoms with E-state index in [0.717, 1.165) is 19.4 Å². The first-order chi connectivity index (χ1) is 8.19. The average Bonchev–Trinajstić information content (AvgIpc) is 2.36. The Morgan fingerprint density at radius 3 is 3.12 bits per heavy atom. The molecule has 1 atom stereocenters. The molecule has 1 saturated heterocycles. The quantitative estimate of drug-likeness (QED) is 0.467. The lowest BCUT2D eigenvalue weighted by Crippen LogP contribution is -2.47. The highest BCUT2D eigenvalue weighted by atomic mass is 32.1. The second-order valence-electron chi connectivity index (χ2n) is 4.01. The van der Waals surface area contributed by atoms with Crippen molar-refractivity contribution in [3.05, 3.63) is 12.7 Å². The zero-order chi connectivity index (χ0) is 12.7. The molecule has 1 fully saturated rings. The number of likely N-dealkylation sites (tertiary alicyclic amines) is 1. The van der Waals surface area contributed by atoms with Crippen molar-refractivity contribution >= 4 is 23.3 Å². The number of carbonyl (C=O) groups excluding carboxylic acids is 1. The molecule has 0 amide bonds. The summed E-state index contributed by atoms with van der Waals surface area (Å²) in [7, 11) is 0. The molecule has 17 heavy (non-hydrogen) atoms. The van der Waals surface area contributed by atoms with Crippen LogP contribution in [-0.2, 0) is 9.53 Å². The fraction of sp³-hybridized carbons (Fsp3) is 0.667. The number of hydrogen-bond acceptors (Lipinski definition) is 3. The van der Waals surface area contributed by atoms with E-state index >= 15 is 0 Å². The lowest BCUT2D eigenvalue weighted by atomic mass is 9.98. The maximum Gasteiger partial charge on any atom is 0.310 e. The first kappa shape index (κ1) is 14.0. The van der Waals surface area contributed by atoms with Crippen molar-refractivity contribution in [3.63, 3.8) is 0 Å². The van der Waals surface area contributed by atoms with Gasteiger partial charge in [0.05, 0.1) is 12.5 Å². The van der Waals surface area contributed by atoms with Crippen LogP contribution in [-0.4, -0.2) is 42.2 Å². The molecule has 0 aromatic carbocycles. The zero-order valence-corrected chi connectivity index (χ0v) is 11.1. The highest BCUT2D eigenvalue weighted by Crippen LogP contribution is 2.17. The summed E-state index contributed by atoms with van der Waals surface area (Å²) in [6, 6.07) is 0. The molecular weight excluding hydrogens is 236 g/mol. The molecule has 0 spiro atoms. The van der Waals surface area contributed by atoms with Gasteiger partial charge in [-0.1, -0.05) is 6.08 Å². The Morgan fingerprint density at radius 1 is 1.71 bits per heavy atom. The fourth-order valence-electron chi connectivity index (χ4n) is 1.89. The molecule has 0 bridgehead atoms. The van der Waals surface area contributed by atoms with Crippen LogP contribution >= 0.6 is 12.2 Å². The van der Waals surface area contributed by atoms with Gasteiger partial charge in [-0.25, -0.2) is 0 Å². The Kier molecular flexibility index (Phi) is 5.97. The van der Waals surface area contributed by atoms with E-state index in [4.69, 9.17) is 17.0 Å². The summed E-state index contributed by atoms with van der Waals surface area (Å²) in [5, 5.41) is 3.77. The highest BCUT2D eigenvalue weighted by Gasteiger charge is 2.27. The SMILES string of the molecule is C=CCNC(=S)N1CCCC(C(=O)OCC)C1. The third kappa shape index (κ3) is 4.34. The largest absolute Gasteiger partial charge is 0.466 e. The Balaban J connectivity index is 2.45. The Labute approximate surface area is 108 Å². The van der Waals surface area contributed by atoms with Crippen LogP contribution in [0.5, 0.6) is 0 Å². The number of nitrogens with one attached hydrogen (secondary N) is 1. The Hall–Kier alpha value is -1.10. The van der Waals surface area contributed by atoms with E-state index in [0.29, 0.717) is 24.8 Å². The van der Waals surface area contributed by atoms with Crippen molar-refractivity contribution in [2.75, 3.05) is 26.2 Å². The van der Waals surface area contributed by atoms with Crippen molar-refractivity contribution in [3.8, 4) is 0 Å². The first-order valence-electron chi connectivity index (χ1n) is 5.99. The van der Waals surface area contributed by atoms with E-state index in [1.54, 1.807) is 6.08 Å². The second-order valence-corrected chi connectivity index (χ2v) is 4.40. The minimum Gasteiger partial charge on any atom is -0.466 e. The van der Waals surface area contributed by atoms with Gasteiger partial charge in [-0.05, 0) is 32.0 Å². The van der Waals surface area contributed by atoms with E-state index in [1.807, 2.05) is 11.8 Å². The smallest absolute Gasteiger partial charge is 0.310 e. The molecule has 1 heterocycles. The van der Waals surface area contributed by atoms with Crippen LogP contribution in [0.4, 0.5) is 0 Å². The number of esters is 1. The topological polar surface area (TPSA) is 41.6 Å². The zero-order valence-electron chi connectivity index (χ0n) is 10.3. The van der Waals surface area contributed by atoms with Crippen LogP contribution < -0.4 is 5.32 Å². The molecule has 0 radical (unpaired) electrons. The van der Waals surface area contributed by atoms with Crippen molar-refractivity contribution in [2.24, 2.45) is 5.92 Å². The number of piperidine rings is 1. The van der Waals surface area contributed by atoms with Crippen molar-refractivity contribution in [1.29, 1.82) is 0 Å². The van der Waals surface area contributed by atoms with Gasteiger partial charge in [-0.3, -0.25) is 4.79 Å². The molecule has 0 aliphatic carbocycles. The maximum atomic E-state index is 11.7. The predicted molar refractivity (Wildman–Crippen MR) is 71.7 cm³/mol. The van der Waals surface area contributed by atoms with E-state index in [2.05, 4.69) is 11.9 Å². The number of ether oxygens (including phenoxy) is 1. The third-order valence-electron chi connectivity index (χ3n) is 2.73. The van der Waals surface area contributed by atoms with Gasteiger partial charge < -0.3 is 15.0 Å². The minimum atomic E-state index is -0.108.